The van der Waals surface area contributed by atoms with Crippen LogP contribution in [0, 0.1) is 5.82 Å². The second-order valence-corrected chi connectivity index (χ2v) is 5.62. The van der Waals surface area contributed by atoms with E-state index in [2.05, 4.69) is 5.16 Å². The summed E-state index contributed by atoms with van der Waals surface area (Å²) in [5, 5.41) is 3.95. The lowest BCUT2D eigenvalue weighted by Crippen LogP contribution is -2.32. The molecule has 126 valence electrons. The molecule has 1 aromatic heterocycles. The van der Waals surface area contributed by atoms with Crippen LogP contribution < -0.4 is 9.64 Å². The number of halogens is 1. The van der Waals surface area contributed by atoms with Gasteiger partial charge in [0.2, 0.25) is 0 Å². The maximum atomic E-state index is 14.1. The van der Waals surface area contributed by atoms with Crippen molar-refractivity contribution in [1.82, 2.24) is 5.16 Å². The molecule has 2 heterocycles. The summed E-state index contributed by atoms with van der Waals surface area (Å²) in [6.45, 7) is 2.27. The Morgan fingerprint density at radius 2 is 1.96 bits per heavy atom. The van der Waals surface area contributed by atoms with Gasteiger partial charge in [0.1, 0.15) is 18.2 Å². The average molecular weight is 338 g/mol. The fraction of sp³-hybridized carbons (Fsp3) is 0.158. The smallest absolute Gasteiger partial charge is 0.280 e. The minimum atomic E-state index is -0.461. The highest BCUT2D eigenvalue weighted by atomic mass is 19.1. The van der Waals surface area contributed by atoms with Gasteiger partial charge < -0.3 is 14.2 Å². The third-order valence-electron chi connectivity index (χ3n) is 4.20. The predicted octanol–water partition coefficient (Wildman–Crippen LogP) is 4.04. The Kier molecular flexibility index (Phi) is 3.72. The lowest BCUT2D eigenvalue weighted by molar-refractivity contribution is 0.0976. The molecule has 6 heteroatoms. The fourth-order valence-corrected chi connectivity index (χ4v) is 2.97. The second kappa shape index (κ2) is 6.05. The van der Waals surface area contributed by atoms with Crippen LogP contribution in [0.4, 0.5) is 10.1 Å². The van der Waals surface area contributed by atoms with Gasteiger partial charge in [0.25, 0.3) is 5.91 Å². The van der Waals surface area contributed by atoms with Crippen molar-refractivity contribution in [3.05, 3.63) is 65.6 Å². The Hall–Kier alpha value is -3.15. The number of ether oxygens (including phenoxy) is 1. The number of aromatic nitrogens is 1. The third kappa shape index (κ3) is 2.46. The van der Waals surface area contributed by atoms with E-state index < -0.39 is 11.7 Å². The van der Waals surface area contributed by atoms with E-state index in [4.69, 9.17) is 9.26 Å². The molecule has 0 unspecified atom stereocenters. The highest BCUT2D eigenvalue weighted by molar-refractivity contribution is 6.06. The highest BCUT2D eigenvalue weighted by Gasteiger charge is 2.31. The maximum Gasteiger partial charge on any atom is 0.280 e. The first-order chi connectivity index (χ1) is 12.2. The third-order valence-corrected chi connectivity index (χ3v) is 4.20. The summed E-state index contributed by atoms with van der Waals surface area (Å²) >= 11 is 0. The lowest BCUT2D eigenvalue weighted by atomic mass is 10.0. The van der Waals surface area contributed by atoms with Crippen LogP contribution in [0.25, 0.3) is 11.3 Å². The highest BCUT2D eigenvalue weighted by Crippen LogP contribution is 2.39. The minimum absolute atomic E-state index is 0.148. The molecule has 0 radical (unpaired) electrons. The summed E-state index contributed by atoms with van der Waals surface area (Å²) in [5.41, 5.74) is 1.70. The summed E-state index contributed by atoms with van der Waals surface area (Å²) < 4.78 is 25.2. The second-order valence-electron chi connectivity index (χ2n) is 5.62. The van der Waals surface area contributed by atoms with Crippen LogP contribution in [0.1, 0.15) is 23.0 Å². The van der Waals surface area contributed by atoms with Crippen LogP contribution in [0.3, 0.4) is 0 Å². The van der Waals surface area contributed by atoms with Crippen molar-refractivity contribution in [2.45, 2.75) is 13.5 Å². The Labute approximate surface area is 143 Å². The maximum absolute atomic E-state index is 14.1. The SMILES string of the molecule is CCN(C(=O)c1noc2c1COc1ccccc1-2)c1ccccc1F. The number of hydrogen-bond donors (Lipinski definition) is 0. The van der Waals surface area contributed by atoms with Crippen molar-refractivity contribution < 1.29 is 18.4 Å². The summed E-state index contributed by atoms with van der Waals surface area (Å²) in [4.78, 5) is 14.3. The van der Waals surface area contributed by atoms with E-state index >= 15 is 0 Å². The molecule has 0 spiro atoms. The number of hydrogen-bond acceptors (Lipinski definition) is 4. The molecule has 0 atom stereocenters. The van der Waals surface area contributed by atoms with Crippen molar-refractivity contribution in [3.63, 3.8) is 0 Å². The quantitative estimate of drug-likeness (QED) is 0.723. The molecule has 2 aromatic carbocycles. The van der Waals surface area contributed by atoms with E-state index in [0.29, 0.717) is 23.6 Å². The van der Waals surface area contributed by atoms with Gasteiger partial charge >= 0.3 is 0 Å². The molecule has 25 heavy (non-hydrogen) atoms. The summed E-state index contributed by atoms with van der Waals surface area (Å²) in [7, 11) is 0. The van der Waals surface area contributed by atoms with Gasteiger partial charge in [-0.3, -0.25) is 4.79 Å². The number of para-hydroxylation sites is 2. The summed E-state index contributed by atoms with van der Waals surface area (Å²) in [5.74, 6) is 0.332. The Bertz CT molecular complexity index is 951. The number of benzene rings is 2. The molecule has 1 amide bonds. The number of carbonyl (C=O) groups is 1. The number of nitrogens with zero attached hydrogens (tertiary/aromatic N) is 2. The van der Waals surface area contributed by atoms with Crippen molar-refractivity contribution in [2.75, 3.05) is 11.4 Å². The van der Waals surface area contributed by atoms with Crippen molar-refractivity contribution in [2.24, 2.45) is 0 Å². The standard InChI is InChI=1S/C19H15FN2O3/c1-2-22(15-9-5-4-8-14(15)20)19(23)17-13-11-24-16-10-6-3-7-12(16)18(13)25-21-17/h3-10H,2,11H2,1H3. The zero-order valence-corrected chi connectivity index (χ0v) is 13.5. The molecule has 4 rings (SSSR count). The van der Waals surface area contributed by atoms with Crippen LogP contribution in [0.15, 0.2) is 53.1 Å². The number of carbonyl (C=O) groups excluding carboxylic acids is 1. The van der Waals surface area contributed by atoms with Crippen LogP contribution in [-0.2, 0) is 6.61 Å². The van der Waals surface area contributed by atoms with Gasteiger partial charge in [-0.25, -0.2) is 4.39 Å². The van der Waals surface area contributed by atoms with E-state index in [1.54, 1.807) is 25.1 Å². The first-order valence-corrected chi connectivity index (χ1v) is 7.98. The average Bonchev–Trinajstić information content (AvgIpc) is 3.08. The van der Waals surface area contributed by atoms with Gasteiger partial charge in [0.05, 0.1) is 16.8 Å². The Morgan fingerprint density at radius 3 is 2.76 bits per heavy atom. The molecule has 1 aliphatic rings. The van der Waals surface area contributed by atoms with E-state index in [9.17, 15) is 9.18 Å². The molecule has 0 N–H and O–H groups in total. The molecule has 0 saturated heterocycles. The predicted molar refractivity (Wildman–Crippen MR) is 90.0 cm³/mol. The minimum Gasteiger partial charge on any atom is -0.488 e. The molecular formula is C19H15FN2O3. The zero-order chi connectivity index (χ0) is 17.4. The molecule has 0 fully saturated rings. The molecule has 0 bridgehead atoms. The lowest BCUT2D eigenvalue weighted by Gasteiger charge is -2.21. The van der Waals surface area contributed by atoms with E-state index in [0.717, 1.165) is 5.56 Å². The van der Waals surface area contributed by atoms with Crippen LogP contribution >= 0.6 is 0 Å². The van der Waals surface area contributed by atoms with E-state index in [1.807, 2.05) is 24.3 Å². The first-order valence-electron chi connectivity index (χ1n) is 7.98. The molecule has 5 nitrogen and oxygen atoms in total. The molecule has 0 saturated carbocycles. The summed E-state index contributed by atoms with van der Waals surface area (Å²) in [6.07, 6.45) is 0. The molecule has 1 aliphatic heterocycles. The largest absolute Gasteiger partial charge is 0.488 e. The molecule has 0 aliphatic carbocycles. The number of fused-ring (bicyclic) bond motifs is 3. The van der Waals surface area contributed by atoms with Crippen molar-refractivity contribution in [3.8, 4) is 17.1 Å². The van der Waals surface area contributed by atoms with Crippen molar-refractivity contribution in [1.29, 1.82) is 0 Å². The summed E-state index contributed by atoms with van der Waals surface area (Å²) in [6, 6.07) is 13.6. The molecular weight excluding hydrogens is 323 g/mol. The van der Waals surface area contributed by atoms with Gasteiger partial charge in [0, 0.05) is 6.54 Å². The number of anilines is 1. The Balaban J connectivity index is 1.75. The normalized spacial score (nSPS) is 12.1. The zero-order valence-electron chi connectivity index (χ0n) is 13.5. The van der Waals surface area contributed by atoms with Gasteiger partial charge in [-0.2, -0.15) is 0 Å². The van der Waals surface area contributed by atoms with Gasteiger partial charge in [-0.1, -0.05) is 29.4 Å². The van der Waals surface area contributed by atoms with Crippen LogP contribution in [-0.4, -0.2) is 17.6 Å². The van der Waals surface area contributed by atoms with Crippen molar-refractivity contribution >= 4 is 11.6 Å². The van der Waals surface area contributed by atoms with Crippen LogP contribution in [0.2, 0.25) is 0 Å². The first kappa shape index (κ1) is 15.4. The van der Waals surface area contributed by atoms with E-state index in [1.165, 1.54) is 11.0 Å². The Morgan fingerprint density at radius 1 is 1.20 bits per heavy atom. The molecule has 3 aromatic rings. The fourth-order valence-electron chi connectivity index (χ4n) is 2.97. The van der Waals surface area contributed by atoms with Gasteiger partial charge in [-0.15, -0.1) is 0 Å². The van der Waals surface area contributed by atoms with Gasteiger partial charge in [0.15, 0.2) is 11.5 Å². The number of amides is 1. The van der Waals surface area contributed by atoms with Crippen LogP contribution in [0.5, 0.6) is 5.75 Å². The van der Waals surface area contributed by atoms with E-state index in [-0.39, 0.29) is 18.0 Å². The number of rotatable bonds is 3. The topological polar surface area (TPSA) is 55.6 Å². The monoisotopic (exact) mass is 338 g/mol. The van der Waals surface area contributed by atoms with Gasteiger partial charge in [-0.05, 0) is 31.2 Å².